The fourth-order valence-corrected chi connectivity index (χ4v) is 3.05. The Hall–Kier alpha value is -0.860. The van der Waals surface area contributed by atoms with Gasteiger partial charge in [0, 0.05) is 0 Å². The van der Waals surface area contributed by atoms with Crippen molar-refractivity contribution in [2.24, 2.45) is 0 Å². The van der Waals surface area contributed by atoms with Crippen LogP contribution in [0.1, 0.15) is 75.3 Å². The predicted molar refractivity (Wildman–Crippen MR) is 103 cm³/mol. The molecule has 0 aliphatic rings. The minimum atomic E-state index is 0. The van der Waals surface area contributed by atoms with Crippen molar-refractivity contribution in [3.63, 3.8) is 0 Å². The highest BCUT2D eigenvalue weighted by Gasteiger charge is 1.97. The largest absolute Gasteiger partial charge is 0.412 e. The van der Waals surface area contributed by atoms with Gasteiger partial charge in [-0.1, -0.05) is 75.6 Å². The number of nitrogens with zero attached hydrogens (tertiary/aromatic N) is 1. The maximum absolute atomic E-state index is 2.29. The molecular formula is C21H39NO. The number of hydrogen-bond donors (Lipinski definition) is 0. The Morgan fingerprint density at radius 2 is 1.17 bits per heavy atom. The highest BCUT2D eigenvalue weighted by atomic mass is 16.0. The molecule has 0 aliphatic carbocycles. The van der Waals surface area contributed by atoms with E-state index in [0.717, 1.165) is 0 Å². The van der Waals surface area contributed by atoms with Gasteiger partial charge in [-0.3, -0.25) is 0 Å². The van der Waals surface area contributed by atoms with Gasteiger partial charge in [-0.25, -0.2) is 0 Å². The molecule has 0 unspecified atom stereocenters. The van der Waals surface area contributed by atoms with Crippen LogP contribution in [0.3, 0.4) is 0 Å². The van der Waals surface area contributed by atoms with E-state index in [2.05, 4.69) is 50.2 Å². The number of unbranched alkanes of at least 4 members (excludes halogenated alkanes) is 9. The van der Waals surface area contributed by atoms with Gasteiger partial charge in [0.05, 0.1) is 0 Å². The summed E-state index contributed by atoms with van der Waals surface area (Å²) in [6.07, 6.45) is 15.4. The minimum absolute atomic E-state index is 0. The molecule has 0 amide bonds. The van der Waals surface area contributed by atoms with Gasteiger partial charge in [0.25, 0.3) is 0 Å². The summed E-state index contributed by atoms with van der Waals surface area (Å²) < 4.78 is 0. The number of benzene rings is 1. The van der Waals surface area contributed by atoms with E-state index >= 15 is 0 Å². The summed E-state index contributed by atoms with van der Waals surface area (Å²) in [5, 5.41) is 0. The first-order valence-electron chi connectivity index (χ1n) is 9.39. The summed E-state index contributed by atoms with van der Waals surface area (Å²) in [7, 11) is 4.33. The van der Waals surface area contributed by atoms with Gasteiger partial charge in [0.2, 0.25) is 0 Å². The summed E-state index contributed by atoms with van der Waals surface area (Å²) in [4.78, 5) is 2.29. The van der Waals surface area contributed by atoms with E-state index in [1.807, 2.05) is 0 Å². The lowest BCUT2D eigenvalue weighted by Crippen LogP contribution is -2.12. The first-order valence-corrected chi connectivity index (χ1v) is 9.39. The summed E-state index contributed by atoms with van der Waals surface area (Å²) in [5.41, 5.74) is 3.00. The second-order valence-electron chi connectivity index (χ2n) is 7.02. The molecule has 0 saturated carbocycles. The molecule has 0 fully saturated rings. The van der Waals surface area contributed by atoms with Gasteiger partial charge in [-0.05, 0) is 58.0 Å². The SMILES string of the molecule is Cc1ccccc1CCCCCCCCCCCCN(C)C.O. The number of rotatable bonds is 13. The molecule has 23 heavy (non-hydrogen) atoms. The molecule has 1 rings (SSSR count). The van der Waals surface area contributed by atoms with Gasteiger partial charge in [-0.2, -0.15) is 0 Å². The van der Waals surface area contributed by atoms with E-state index in [1.54, 1.807) is 5.56 Å². The predicted octanol–water partition coefficient (Wildman–Crippen LogP) is 5.18. The summed E-state index contributed by atoms with van der Waals surface area (Å²) in [6, 6.07) is 8.82. The van der Waals surface area contributed by atoms with Crippen molar-refractivity contribution in [2.75, 3.05) is 20.6 Å². The molecule has 2 heteroatoms. The average Bonchev–Trinajstić information content (AvgIpc) is 2.49. The maximum atomic E-state index is 2.29. The minimum Gasteiger partial charge on any atom is -0.412 e. The Kier molecular flexibility index (Phi) is 14.2. The summed E-state index contributed by atoms with van der Waals surface area (Å²) >= 11 is 0. The Balaban J connectivity index is 0.00000484. The van der Waals surface area contributed by atoms with Crippen LogP contribution in [0.15, 0.2) is 24.3 Å². The Morgan fingerprint density at radius 3 is 1.70 bits per heavy atom. The van der Waals surface area contributed by atoms with Crippen LogP contribution in [0.4, 0.5) is 0 Å². The zero-order valence-electron chi connectivity index (χ0n) is 15.7. The molecule has 0 aromatic heterocycles. The highest BCUT2D eigenvalue weighted by Crippen LogP contribution is 2.14. The smallest absolute Gasteiger partial charge is 0.00248 e. The first kappa shape index (κ1) is 22.1. The summed E-state index contributed by atoms with van der Waals surface area (Å²) in [6.45, 7) is 3.48. The lowest BCUT2D eigenvalue weighted by Gasteiger charge is -2.08. The van der Waals surface area contributed by atoms with Crippen molar-refractivity contribution in [1.29, 1.82) is 0 Å². The Bertz CT molecular complexity index is 376. The zero-order chi connectivity index (χ0) is 16.0. The van der Waals surface area contributed by atoms with Crippen molar-refractivity contribution in [1.82, 2.24) is 4.90 Å². The quantitative estimate of drug-likeness (QED) is 0.461. The van der Waals surface area contributed by atoms with Crippen molar-refractivity contribution < 1.29 is 5.48 Å². The van der Waals surface area contributed by atoms with Crippen molar-refractivity contribution in [3.8, 4) is 0 Å². The molecule has 2 nitrogen and oxygen atoms in total. The van der Waals surface area contributed by atoms with E-state index in [1.165, 1.54) is 82.7 Å². The van der Waals surface area contributed by atoms with Crippen LogP contribution in [-0.4, -0.2) is 31.0 Å². The van der Waals surface area contributed by atoms with Crippen LogP contribution in [0.25, 0.3) is 0 Å². The number of aryl methyl sites for hydroxylation is 2. The van der Waals surface area contributed by atoms with Crippen molar-refractivity contribution in [2.45, 2.75) is 77.6 Å². The second-order valence-corrected chi connectivity index (χ2v) is 7.02. The van der Waals surface area contributed by atoms with Crippen LogP contribution >= 0.6 is 0 Å². The monoisotopic (exact) mass is 321 g/mol. The third-order valence-corrected chi connectivity index (χ3v) is 4.56. The van der Waals surface area contributed by atoms with Gasteiger partial charge in [0.1, 0.15) is 0 Å². The molecule has 0 radical (unpaired) electrons. The molecule has 1 aromatic rings. The maximum Gasteiger partial charge on any atom is -0.00248 e. The fourth-order valence-electron chi connectivity index (χ4n) is 3.05. The third-order valence-electron chi connectivity index (χ3n) is 4.56. The molecule has 0 bridgehead atoms. The van der Waals surface area contributed by atoms with Crippen LogP contribution in [0.2, 0.25) is 0 Å². The standard InChI is InChI=1S/C21H37N.H2O/c1-20-16-13-14-18-21(20)17-12-10-8-6-4-5-7-9-11-15-19-22(2)3;/h13-14,16,18H,4-12,15,17,19H2,1-3H3;1H2. The van der Waals surface area contributed by atoms with E-state index in [4.69, 9.17) is 0 Å². The number of hydrogen-bond acceptors (Lipinski definition) is 1. The molecular weight excluding hydrogens is 282 g/mol. The molecule has 0 spiro atoms. The van der Waals surface area contributed by atoms with Crippen molar-refractivity contribution in [3.05, 3.63) is 35.4 Å². The third kappa shape index (κ3) is 12.3. The van der Waals surface area contributed by atoms with Crippen LogP contribution in [-0.2, 0) is 6.42 Å². The van der Waals surface area contributed by atoms with Crippen molar-refractivity contribution >= 4 is 0 Å². The zero-order valence-corrected chi connectivity index (χ0v) is 15.7. The van der Waals surface area contributed by atoms with Crippen LogP contribution in [0, 0.1) is 6.92 Å². The lowest BCUT2D eigenvalue weighted by molar-refractivity contribution is 0.389. The normalized spacial score (nSPS) is 10.8. The van der Waals surface area contributed by atoms with Gasteiger partial charge >= 0.3 is 0 Å². The first-order chi connectivity index (χ1) is 10.7. The molecule has 0 saturated heterocycles. The summed E-state index contributed by atoms with van der Waals surface area (Å²) in [5.74, 6) is 0. The van der Waals surface area contributed by atoms with E-state index in [9.17, 15) is 0 Å². The van der Waals surface area contributed by atoms with E-state index in [-0.39, 0.29) is 5.48 Å². The molecule has 1 aromatic carbocycles. The molecule has 134 valence electrons. The van der Waals surface area contributed by atoms with E-state index in [0.29, 0.717) is 0 Å². The topological polar surface area (TPSA) is 34.7 Å². The molecule has 0 aliphatic heterocycles. The van der Waals surface area contributed by atoms with Gasteiger partial charge in [0.15, 0.2) is 0 Å². The highest BCUT2D eigenvalue weighted by molar-refractivity contribution is 5.25. The average molecular weight is 322 g/mol. The van der Waals surface area contributed by atoms with Crippen LogP contribution < -0.4 is 0 Å². The van der Waals surface area contributed by atoms with E-state index < -0.39 is 0 Å². The molecule has 2 N–H and O–H groups in total. The fraction of sp³-hybridized carbons (Fsp3) is 0.714. The van der Waals surface area contributed by atoms with Gasteiger partial charge < -0.3 is 10.4 Å². The lowest BCUT2D eigenvalue weighted by atomic mass is 10.0. The molecule has 0 heterocycles. The Morgan fingerprint density at radius 1 is 0.696 bits per heavy atom. The Labute approximate surface area is 144 Å². The second kappa shape index (κ2) is 14.7. The van der Waals surface area contributed by atoms with Crippen LogP contribution in [0.5, 0.6) is 0 Å². The molecule has 0 atom stereocenters. The van der Waals surface area contributed by atoms with Gasteiger partial charge in [-0.15, -0.1) is 0 Å².